The number of imidazole rings is 1. The van der Waals surface area contributed by atoms with Crippen LogP contribution in [-0.4, -0.2) is 9.55 Å². The van der Waals surface area contributed by atoms with E-state index in [1.165, 1.54) is 0 Å². The van der Waals surface area contributed by atoms with E-state index in [1.54, 1.807) is 6.07 Å². The van der Waals surface area contributed by atoms with Gasteiger partial charge in [-0.2, -0.15) is 5.26 Å². The van der Waals surface area contributed by atoms with Gasteiger partial charge >= 0.3 is 0 Å². The Morgan fingerprint density at radius 3 is 2.76 bits per heavy atom. The molecular weight excluding hydrogens is 397 g/mol. The lowest BCUT2D eigenvalue weighted by atomic mass is 10.2. The van der Waals surface area contributed by atoms with Crippen molar-refractivity contribution in [3.63, 3.8) is 0 Å². The zero-order chi connectivity index (χ0) is 15.0. The molecule has 0 fully saturated rings. The first-order valence-electron chi connectivity index (χ1n) is 6.42. The summed E-state index contributed by atoms with van der Waals surface area (Å²) < 4.78 is 3.16. The summed E-state index contributed by atoms with van der Waals surface area (Å²) in [6.07, 6.45) is 0. The molecule has 0 saturated heterocycles. The van der Waals surface area contributed by atoms with E-state index in [-0.39, 0.29) is 5.38 Å². The molecule has 1 unspecified atom stereocenters. The van der Waals surface area contributed by atoms with Crippen molar-refractivity contribution < 1.29 is 0 Å². The fourth-order valence-corrected chi connectivity index (χ4v) is 2.99. The molecule has 5 heteroatoms. The number of benzene rings is 2. The van der Waals surface area contributed by atoms with Crippen LogP contribution in [0, 0.1) is 14.9 Å². The first-order chi connectivity index (χ1) is 10.1. The molecule has 0 radical (unpaired) electrons. The Morgan fingerprint density at radius 2 is 2.10 bits per heavy atom. The average molecular weight is 408 g/mol. The maximum atomic E-state index is 9.11. The van der Waals surface area contributed by atoms with Gasteiger partial charge in [0.1, 0.15) is 5.82 Å². The van der Waals surface area contributed by atoms with Crippen molar-refractivity contribution in [2.75, 3.05) is 0 Å². The topological polar surface area (TPSA) is 41.6 Å². The van der Waals surface area contributed by atoms with Crippen LogP contribution in [0.15, 0.2) is 42.5 Å². The summed E-state index contributed by atoms with van der Waals surface area (Å²) in [5, 5.41) is 8.89. The van der Waals surface area contributed by atoms with Crippen LogP contribution in [-0.2, 0) is 0 Å². The number of hydrogen-bond acceptors (Lipinski definition) is 2. The third-order valence-electron chi connectivity index (χ3n) is 3.23. The van der Waals surface area contributed by atoms with Crippen LogP contribution >= 0.6 is 34.2 Å². The van der Waals surface area contributed by atoms with Gasteiger partial charge in [-0.05, 0) is 65.9 Å². The summed E-state index contributed by atoms with van der Waals surface area (Å²) in [4.78, 5) is 4.61. The number of rotatable bonds is 2. The third kappa shape index (κ3) is 2.63. The molecule has 1 heterocycles. The van der Waals surface area contributed by atoms with Gasteiger partial charge in [0, 0.05) is 9.26 Å². The maximum absolute atomic E-state index is 9.11. The van der Waals surface area contributed by atoms with E-state index >= 15 is 0 Å². The van der Waals surface area contributed by atoms with Crippen molar-refractivity contribution in [2.45, 2.75) is 12.3 Å². The quantitative estimate of drug-likeness (QED) is 0.452. The third-order valence-corrected chi connectivity index (χ3v) is 4.10. The molecule has 0 aliphatic carbocycles. The van der Waals surface area contributed by atoms with E-state index in [9.17, 15) is 0 Å². The highest BCUT2D eigenvalue weighted by atomic mass is 127. The van der Waals surface area contributed by atoms with E-state index in [0.717, 1.165) is 26.1 Å². The molecule has 3 rings (SSSR count). The summed E-state index contributed by atoms with van der Waals surface area (Å²) in [7, 11) is 0. The van der Waals surface area contributed by atoms with Crippen LogP contribution in [0.5, 0.6) is 0 Å². The molecule has 0 aliphatic heterocycles. The Bertz CT molecular complexity index is 862. The molecule has 21 heavy (non-hydrogen) atoms. The molecule has 0 amide bonds. The van der Waals surface area contributed by atoms with Gasteiger partial charge in [0.05, 0.1) is 28.0 Å². The number of hydrogen-bond donors (Lipinski definition) is 0. The summed E-state index contributed by atoms with van der Waals surface area (Å²) in [5.41, 5.74) is 3.36. The lowest BCUT2D eigenvalue weighted by molar-refractivity contribution is 0.882. The fraction of sp³-hybridized carbons (Fsp3) is 0.125. The van der Waals surface area contributed by atoms with Crippen LogP contribution < -0.4 is 0 Å². The van der Waals surface area contributed by atoms with Crippen LogP contribution in [0.2, 0.25) is 0 Å². The monoisotopic (exact) mass is 407 g/mol. The van der Waals surface area contributed by atoms with Crippen LogP contribution in [0.25, 0.3) is 16.7 Å². The fourth-order valence-electron chi connectivity index (χ4n) is 2.32. The van der Waals surface area contributed by atoms with E-state index in [0.29, 0.717) is 5.56 Å². The molecule has 2 aromatic carbocycles. The molecule has 104 valence electrons. The molecule has 1 aromatic heterocycles. The summed E-state index contributed by atoms with van der Waals surface area (Å²) in [6, 6.07) is 15.8. The Balaban J connectivity index is 2.37. The summed E-state index contributed by atoms with van der Waals surface area (Å²) >= 11 is 8.57. The second-order valence-electron chi connectivity index (χ2n) is 4.72. The molecular formula is C16H11ClIN3. The van der Waals surface area contributed by atoms with Gasteiger partial charge < -0.3 is 0 Å². The van der Waals surface area contributed by atoms with Gasteiger partial charge in [0.25, 0.3) is 0 Å². The molecule has 3 aromatic rings. The van der Waals surface area contributed by atoms with Crippen LogP contribution in [0.1, 0.15) is 23.7 Å². The summed E-state index contributed by atoms with van der Waals surface area (Å²) in [6.45, 7) is 1.90. The molecule has 0 aliphatic rings. The van der Waals surface area contributed by atoms with Crippen molar-refractivity contribution >= 4 is 45.2 Å². The highest BCUT2D eigenvalue weighted by Crippen LogP contribution is 2.29. The zero-order valence-corrected chi connectivity index (χ0v) is 14.1. The van der Waals surface area contributed by atoms with Crippen LogP contribution in [0.3, 0.4) is 0 Å². The number of nitriles is 1. The lowest BCUT2D eigenvalue weighted by Crippen LogP contribution is -2.02. The Morgan fingerprint density at radius 1 is 1.29 bits per heavy atom. The first kappa shape index (κ1) is 14.4. The van der Waals surface area contributed by atoms with E-state index in [4.69, 9.17) is 16.9 Å². The minimum Gasteiger partial charge on any atom is -0.295 e. The first-order valence-corrected chi connectivity index (χ1v) is 7.94. The Kier molecular flexibility index (Phi) is 3.87. The Hall–Kier alpha value is -1.58. The van der Waals surface area contributed by atoms with Gasteiger partial charge in [-0.25, -0.2) is 4.98 Å². The minimum atomic E-state index is -0.221. The predicted molar refractivity (Wildman–Crippen MR) is 92.8 cm³/mol. The van der Waals surface area contributed by atoms with Crippen molar-refractivity contribution in [2.24, 2.45) is 0 Å². The SMILES string of the molecule is CC(Cl)c1nc2ccc(C#N)cc2n1-c1cccc(I)c1. The second kappa shape index (κ2) is 5.66. The number of halogens is 2. The molecule has 1 atom stereocenters. The zero-order valence-electron chi connectivity index (χ0n) is 11.2. The van der Waals surface area contributed by atoms with Gasteiger partial charge in [0.15, 0.2) is 0 Å². The predicted octanol–water partition coefficient (Wildman–Crippen LogP) is 4.80. The maximum Gasteiger partial charge on any atom is 0.132 e. The van der Waals surface area contributed by atoms with E-state index < -0.39 is 0 Å². The molecule has 0 bridgehead atoms. The number of aromatic nitrogens is 2. The number of alkyl halides is 1. The van der Waals surface area contributed by atoms with Crippen molar-refractivity contribution in [3.8, 4) is 11.8 Å². The largest absolute Gasteiger partial charge is 0.295 e. The summed E-state index contributed by atoms with van der Waals surface area (Å²) in [5.74, 6) is 0.781. The van der Waals surface area contributed by atoms with Gasteiger partial charge in [-0.15, -0.1) is 11.6 Å². The van der Waals surface area contributed by atoms with Gasteiger partial charge in [0.2, 0.25) is 0 Å². The van der Waals surface area contributed by atoms with Crippen LogP contribution in [0.4, 0.5) is 0 Å². The molecule has 3 nitrogen and oxygen atoms in total. The normalized spacial score (nSPS) is 12.3. The van der Waals surface area contributed by atoms with Crippen molar-refractivity contribution in [1.82, 2.24) is 9.55 Å². The van der Waals surface area contributed by atoms with E-state index in [2.05, 4.69) is 39.7 Å². The average Bonchev–Trinajstić information content (AvgIpc) is 2.85. The standard InChI is InChI=1S/C16H11ClIN3/c1-10(17)16-20-14-6-5-11(9-19)7-15(14)21(16)13-4-2-3-12(18)8-13/h2-8,10H,1H3. The number of nitrogens with zero attached hydrogens (tertiary/aromatic N) is 3. The highest BCUT2D eigenvalue weighted by molar-refractivity contribution is 14.1. The Labute approximate surface area is 141 Å². The lowest BCUT2D eigenvalue weighted by Gasteiger charge is -2.11. The molecule has 0 saturated carbocycles. The van der Waals surface area contributed by atoms with Gasteiger partial charge in [-0.1, -0.05) is 6.07 Å². The highest BCUT2D eigenvalue weighted by Gasteiger charge is 2.16. The second-order valence-corrected chi connectivity index (χ2v) is 6.62. The van der Waals surface area contributed by atoms with Crippen molar-refractivity contribution in [1.29, 1.82) is 5.26 Å². The smallest absolute Gasteiger partial charge is 0.132 e. The number of fused-ring (bicyclic) bond motifs is 1. The molecule has 0 spiro atoms. The minimum absolute atomic E-state index is 0.221. The van der Waals surface area contributed by atoms with Crippen molar-refractivity contribution in [3.05, 3.63) is 57.4 Å². The van der Waals surface area contributed by atoms with Gasteiger partial charge in [-0.3, -0.25) is 4.57 Å². The molecule has 0 N–H and O–H groups in total. The van der Waals surface area contributed by atoms with E-state index in [1.807, 2.05) is 41.8 Å².